The molecule has 1 amide bonds. The van der Waals surface area contributed by atoms with E-state index in [4.69, 9.17) is 25.5 Å². The fourth-order valence-electron chi connectivity index (χ4n) is 2.36. The Kier molecular flexibility index (Phi) is 7.18. The number of hydrogen-bond acceptors (Lipinski definition) is 8. The smallest absolute Gasteiger partial charge is 0.277 e. The molecule has 2 heterocycles. The van der Waals surface area contributed by atoms with Crippen LogP contribution in [0.15, 0.2) is 40.0 Å². The number of nitrogens with zero attached hydrogens (tertiary/aromatic N) is 2. The Morgan fingerprint density at radius 3 is 2.75 bits per heavy atom. The maximum atomic E-state index is 12.0. The third kappa shape index (κ3) is 5.40. The number of benzene rings is 1. The van der Waals surface area contributed by atoms with Crippen molar-refractivity contribution in [3.8, 4) is 22.3 Å². The van der Waals surface area contributed by atoms with Crippen LogP contribution in [-0.2, 0) is 11.2 Å². The van der Waals surface area contributed by atoms with Crippen molar-refractivity contribution < 1.29 is 18.7 Å². The first-order chi connectivity index (χ1) is 13.6. The Bertz CT molecular complexity index is 945. The molecule has 7 nitrogen and oxygen atoms in total. The molecule has 148 valence electrons. The summed E-state index contributed by atoms with van der Waals surface area (Å²) >= 11 is 8.45. The van der Waals surface area contributed by atoms with E-state index in [1.807, 2.05) is 24.3 Å². The van der Waals surface area contributed by atoms with Crippen LogP contribution in [-0.4, -0.2) is 42.6 Å². The molecule has 0 aliphatic carbocycles. The van der Waals surface area contributed by atoms with E-state index < -0.39 is 0 Å². The van der Waals surface area contributed by atoms with Crippen molar-refractivity contribution in [2.45, 2.75) is 11.6 Å². The number of carbonyl (C=O) groups excluding carboxylic acids is 1. The molecule has 1 N–H and O–H groups in total. The van der Waals surface area contributed by atoms with Crippen molar-refractivity contribution in [2.24, 2.45) is 0 Å². The highest BCUT2D eigenvalue weighted by Gasteiger charge is 2.13. The summed E-state index contributed by atoms with van der Waals surface area (Å²) < 4.78 is 16.7. The monoisotopic (exact) mass is 439 g/mol. The molecule has 3 aromatic rings. The zero-order chi connectivity index (χ0) is 19.9. The van der Waals surface area contributed by atoms with E-state index >= 15 is 0 Å². The highest BCUT2D eigenvalue weighted by molar-refractivity contribution is 7.99. The van der Waals surface area contributed by atoms with E-state index in [9.17, 15) is 4.79 Å². The molecular weight excluding hydrogens is 422 g/mol. The maximum Gasteiger partial charge on any atom is 0.277 e. The largest absolute Gasteiger partial charge is 0.493 e. The van der Waals surface area contributed by atoms with E-state index in [0.29, 0.717) is 39.9 Å². The Balaban J connectivity index is 1.43. The van der Waals surface area contributed by atoms with Gasteiger partial charge in [0.2, 0.25) is 5.91 Å². The molecule has 2 aromatic heterocycles. The summed E-state index contributed by atoms with van der Waals surface area (Å²) in [4.78, 5) is 12.8. The van der Waals surface area contributed by atoms with Gasteiger partial charge in [-0.1, -0.05) is 29.4 Å². The maximum absolute atomic E-state index is 12.0. The van der Waals surface area contributed by atoms with E-state index in [-0.39, 0.29) is 11.7 Å². The van der Waals surface area contributed by atoms with Gasteiger partial charge in [0.15, 0.2) is 11.5 Å². The molecule has 28 heavy (non-hydrogen) atoms. The van der Waals surface area contributed by atoms with Crippen molar-refractivity contribution in [1.82, 2.24) is 15.5 Å². The molecule has 0 saturated heterocycles. The van der Waals surface area contributed by atoms with Gasteiger partial charge in [-0.3, -0.25) is 4.79 Å². The molecule has 0 saturated carbocycles. The number of thiophene rings is 1. The lowest BCUT2D eigenvalue weighted by Gasteiger charge is -2.10. The van der Waals surface area contributed by atoms with Gasteiger partial charge in [0, 0.05) is 6.54 Å². The van der Waals surface area contributed by atoms with Crippen LogP contribution in [0.25, 0.3) is 10.8 Å². The minimum atomic E-state index is -0.107. The molecule has 0 bridgehead atoms. The Hall–Kier alpha value is -2.23. The van der Waals surface area contributed by atoms with Crippen molar-refractivity contribution >= 4 is 40.6 Å². The number of aromatic nitrogens is 2. The summed E-state index contributed by atoms with van der Waals surface area (Å²) in [5, 5.41) is 11.1. The number of methoxy groups -OCH3 is 2. The van der Waals surface area contributed by atoms with Gasteiger partial charge in [-0.15, -0.1) is 21.5 Å². The van der Waals surface area contributed by atoms with Crippen molar-refractivity contribution in [3.05, 3.63) is 40.2 Å². The van der Waals surface area contributed by atoms with Crippen LogP contribution in [0.5, 0.6) is 11.5 Å². The Morgan fingerprint density at radius 1 is 1.21 bits per heavy atom. The lowest BCUT2D eigenvalue weighted by Crippen LogP contribution is -2.27. The number of thioether (sulfide) groups is 1. The molecule has 0 fully saturated rings. The lowest BCUT2D eigenvalue weighted by atomic mass is 10.1. The standard InChI is InChI=1S/C18H18ClN3O4S2/c1-24-12-4-3-11(9-13(12)25-2)7-8-20-16(23)10-27-18-22-21-17(26-18)14-5-6-15(19)28-14/h3-6,9H,7-8,10H2,1-2H3,(H,20,23). The van der Waals surface area contributed by atoms with Crippen LogP contribution >= 0.6 is 34.7 Å². The van der Waals surface area contributed by atoms with E-state index in [1.165, 1.54) is 23.1 Å². The Labute approximate surface area is 175 Å². The minimum absolute atomic E-state index is 0.107. The van der Waals surface area contributed by atoms with Crippen molar-refractivity contribution in [1.29, 1.82) is 0 Å². The van der Waals surface area contributed by atoms with E-state index in [1.54, 1.807) is 20.3 Å². The molecular formula is C18H18ClN3O4S2. The molecule has 0 atom stereocenters. The summed E-state index contributed by atoms with van der Waals surface area (Å²) in [5.74, 6) is 1.83. The lowest BCUT2D eigenvalue weighted by molar-refractivity contribution is -0.118. The molecule has 0 unspecified atom stereocenters. The van der Waals surface area contributed by atoms with Crippen molar-refractivity contribution in [3.63, 3.8) is 0 Å². The molecule has 3 rings (SSSR count). The van der Waals surface area contributed by atoms with Gasteiger partial charge >= 0.3 is 0 Å². The van der Waals surface area contributed by atoms with Crippen LogP contribution in [0.1, 0.15) is 5.56 Å². The second kappa shape index (κ2) is 9.81. The molecule has 0 aliphatic rings. The van der Waals surface area contributed by atoms with Gasteiger partial charge in [0.25, 0.3) is 11.1 Å². The van der Waals surface area contributed by atoms with Crippen LogP contribution in [0, 0.1) is 0 Å². The number of rotatable bonds is 9. The highest BCUT2D eigenvalue weighted by atomic mass is 35.5. The van der Waals surface area contributed by atoms with Crippen molar-refractivity contribution in [2.75, 3.05) is 26.5 Å². The van der Waals surface area contributed by atoms with E-state index in [0.717, 1.165) is 10.4 Å². The normalized spacial score (nSPS) is 10.7. The van der Waals surface area contributed by atoms with Gasteiger partial charge in [0.1, 0.15) is 0 Å². The van der Waals surface area contributed by atoms with Gasteiger partial charge in [-0.05, 0) is 36.2 Å². The summed E-state index contributed by atoms with van der Waals surface area (Å²) in [6.45, 7) is 0.512. The molecule has 10 heteroatoms. The fraction of sp³-hybridized carbons (Fsp3) is 0.278. The predicted molar refractivity (Wildman–Crippen MR) is 110 cm³/mol. The Morgan fingerprint density at radius 2 is 2.04 bits per heavy atom. The van der Waals surface area contributed by atoms with Gasteiger partial charge in [0.05, 0.1) is 29.2 Å². The zero-order valence-corrected chi connectivity index (χ0v) is 17.6. The number of nitrogens with one attached hydrogen (secondary N) is 1. The first kappa shape index (κ1) is 20.5. The minimum Gasteiger partial charge on any atom is -0.493 e. The average molecular weight is 440 g/mol. The number of hydrogen-bond donors (Lipinski definition) is 1. The number of halogens is 1. The molecule has 0 aliphatic heterocycles. The summed E-state index contributed by atoms with van der Waals surface area (Å²) in [7, 11) is 3.19. The molecule has 0 radical (unpaired) electrons. The number of carbonyl (C=O) groups is 1. The molecule has 1 aromatic carbocycles. The summed E-state index contributed by atoms with van der Waals surface area (Å²) in [6.07, 6.45) is 0.681. The first-order valence-electron chi connectivity index (χ1n) is 8.28. The average Bonchev–Trinajstić information content (AvgIpc) is 3.35. The van der Waals surface area contributed by atoms with Gasteiger partial charge in [-0.2, -0.15) is 0 Å². The summed E-state index contributed by atoms with van der Waals surface area (Å²) in [5.41, 5.74) is 1.04. The van der Waals surface area contributed by atoms with Crippen LogP contribution in [0.2, 0.25) is 4.34 Å². The molecule has 0 spiro atoms. The SMILES string of the molecule is COc1ccc(CCNC(=O)CSc2nnc(-c3ccc(Cl)s3)o2)cc1OC. The highest BCUT2D eigenvalue weighted by Crippen LogP contribution is 2.31. The van der Waals surface area contributed by atoms with Crippen LogP contribution in [0.4, 0.5) is 0 Å². The second-order valence-electron chi connectivity index (χ2n) is 5.55. The predicted octanol–water partition coefficient (Wildman–Crippen LogP) is 3.92. The third-order valence-corrected chi connectivity index (χ3v) is 5.74. The topological polar surface area (TPSA) is 86.5 Å². The van der Waals surface area contributed by atoms with Crippen LogP contribution in [0.3, 0.4) is 0 Å². The summed E-state index contributed by atoms with van der Waals surface area (Å²) in [6, 6.07) is 9.27. The quantitative estimate of drug-likeness (QED) is 0.505. The number of amides is 1. The second-order valence-corrected chi connectivity index (χ2v) is 8.20. The van der Waals surface area contributed by atoms with Gasteiger partial charge in [-0.25, -0.2) is 0 Å². The zero-order valence-electron chi connectivity index (χ0n) is 15.2. The third-order valence-electron chi connectivity index (χ3n) is 3.70. The first-order valence-corrected chi connectivity index (χ1v) is 10.5. The number of ether oxygens (including phenoxy) is 2. The van der Waals surface area contributed by atoms with Gasteiger partial charge < -0.3 is 19.2 Å². The van der Waals surface area contributed by atoms with Crippen LogP contribution < -0.4 is 14.8 Å². The van der Waals surface area contributed by atoms with E-state index in [2.05, 4.69) is 15.5 Å². The fourth-order valence-corrected chi connectivity index (χ4v) is 3.92.